The fourth-order valence-corrected chi connectivity index (χ4v) is 1.97. The van der Waals surface area contributed by atoms with Crippen molar-refractivity contribution >= 4 is 34.6 Å². The number of anilines is 1. The molecule has 0 radical (unpaired) electrons. The van der Waals surface area contributed by atoms with Gasteiger partial charge in [0.25, 0.3) is 11.6 Å². The lowest BCUT2D eigenvalue weighted by Gasteiger charge is -2.12. The molecule has 0 aromatic heterocycles. The largest absolute Gasteiger partial charge is 0.299 e. The number of nitrogens with one attached hydrogen (secondary N) is 3. The first-order valence-corrected chi connectivity index (χ1v) is 7.05. The number of benzene rings is 2. The second-order valence-electron chi connectivity index (χ2n) is 4.65. The monoisotopic (exact) mass is 330 g/mol. The minimum Gasteiger partial charge on any atom is -0.299 e. The highest BCUT2D eigenvalue weighted by Crippen LogP contribution is 2.14. The van der Waals surface area contributed by atoms with E-state index < -0.39 is 4.92 Å². The summed E-state index contributed by atoms with van der Waals surface area (Å²) < 4.78 is 0. The summed E-state index contributed by atoms with van der Waals surface area (Å²) in [6.07, 6.45) is 0. The van der Waals surface area contributed by atoms with Crippen LogP contribution in [0, 0.1) is 17.0 Å². The van der Waals surface area contributed by atoms with Gasteiger partial charge in [-0.15, -0.1) is 0 Å². The van der Waals surface area contributed by atoms with Crippen LogP contribution in [0.2, 0.25) is 0 Å². The van der Waals surface area contributed by atoms with Crippen molar-refractivity contribution in [1.82, 2.24) is 10.7 Å². The van der Waals surface area contributed by atoms with E-state index in [0.29, 0.717) is 11.3 Å². The Labute approximate surface area is 137 Å². The molecule has 0 saturated heterocycles. The second kappa shape index (κ2) is 7.32. The normalized spacial score (nSPS) is 9.78. The predicted octanol–water partition coefficient (Wildman–Crippen LogP) is 2.53. The van der Waals surface area contributed by atoms with Crippen molar-refractivity contribution in [3.8, 4) is 0 Å². The molecule has 23 heavy (non-hydrogen) atoms. The molecule has 7 nitrogen and oxygen atoms in total. The summed E-state index contributed by atoms with van der Waals surface area (Å²) in [5.41, 5.74) is 7.34. The van der Waals surface area contributed by atoms with Gasteiger partial charge < -0.3 is 0 Å². The van der Waals surface area contributed by atoms with Crippen LogP contribution in [0.4, 0.5) is 11.4 Å². The molecule has 0 heterocycles. The van der Waals surface area contributed by atoms with E-state index in [1.54, 1.807) is 12.1 Å². The van der Waals surface area contributed by atoms with Gasteiger partial charge in [0, 0.05) is 17.7 Å². The maximum Gasteiger partial charge on any atom is 0.269 e. The number of non-ortho nitro benzene ring substituents is 1. The molecular weight excluding hydrogens is 316 g/mol. The molecule has 0 aliphatic rings. The average Bonchev–Trinajstić information content (AvgIpc) is 2.53. The molecule has 0 unspecified atom stereocenters. The number of hydrogen-bond donors (Lipinski definition) is 3. The van der Waals surface area contributed by atoms with Gasteiger partial charge in [0.05, 0.1) is 10.6 Å². The number of thiocarbonyl (C=S) groups is 1. The van der Waals surface area contributed by atoms with Gasteiger partial charge in [0.1, 0.15) is 0 Å². The number of hydrazine groups is 1. The molecule has 0 saturated carbocycles. The van der Waals surface area contributed by atoms with Gasteiger partial charge >= 0.3 is 0 Å². The Morgan fingerprint density at radius 1 is 1.13 bits per heavy atom. The Hall–Kier alpha value is -3.00. The van der Waals surface area contributed by atoms with Crippen molar-refractivity contribution in [2.45, 2.75) is 6.92 Å². The summed E-state index contributed by atoms with van der Waals surface area (Å²) in [5.74, 6) is -0.314. The summed E-state index contributed by atoms with van der Waals surface area (Å²) in [5, 5.41) is 13.2. The van der Waals surface area contributed by atoms with Crippen LogP contribution in [0.3, 0.4) is 0 Å². The SMILES string of the molecule is Cc1ccccc1C(=O)NC(=S)NNc1ccc([N+](=O)[O-])cc1. The van der Waals surface area contributed by atoms with E-state index >= 15 is 0 Å². The van der Waals surface area contributed by atoms with Crippen molar-refractivity contribution in [2.75, 3.05) is 5.43 Å². The molecule has 2 aromatic carbocycles. The summed E-state index contributed by atoms with van der Waals surface area (Å²) >= 11 is 5.03. The Balaban J connectivity index is 1.89. The molecule has 0 aliphatic heterocycles. The summed E-state index contributed by atoms with van der Waals surface area (Å²) in [4.78, 5) is 22.1. The molecule has 0 atom stereocenters. The van der Waals surface area contributed by atoms with Crippen LogP contribution in [0.1, 0.15) is 15.9 Å². The Morgan fingerprint density at radius 2 is 1.78 bits per heavy atom. The molecule has 118 valence electrons. The lowest BCUT2D eigenvalue weighted by molar-refractivity contribution is -0.384. The first kappa shape index (κ1) is 16.4. The molecule has 2 rings (SSSR count). The highest BCUT2D eigenvalue weighted by molar-refractivity contribution is 7.80. The number of nitrogens with zero attached hydrogens (tertiary/aromatic N) is 1. The van der Waals surface area contributed by atoms with Gasteiger partial charge in [-0.05, 0) is 42.9 Å². The van der Waals surface area contributed by atoms with Crippen molar-refractivity contribution in [3.63, 3.8) is 0 Å². The third kappa shape index (κ3) is 4.48. The van der Waals surface area contributed by atoms with Crippen molar-refractivity contribution in [3.05, 3.63) is 69.8 Å². The number of aryl methyl sites for hydroxylation is 1. The van der Waals surface area contributed by atoms with Gasteiger partial charge in [-0.2, -0.15) is 0 Å². The van der Waals surface area contributed by atoms with Crippen molar-refractivity contribution < 1.29 is 9.72 Å². The van der Waals surface area contributed by atoms with E-state index in [1.165, 1.54) is 24.3 Å². The van der Waals surface area contributed by atoms with Gasteiger partial charge in [-0.25, -0.2) is 0 Å². The van der Waals surface area contributed by atoms with Crippen molar-refractivity contribution in [1.29, 1.82) is 0 Å². The van der Waals surface area contributed by atoms with Crippen molar-refractivity contribution in [2.24, 2.45) is 0 Å². The zero-order valence-electron chi connectivity index (χ0n) is 12.2. The third-order valence-corrected chi connectivity index (χ3v) is 3.22. The van der Waals surface area contributed by atoms with Crippen LogP contribution in [0.25, 0.3) is 0 Å². The smallest absolute Gasteiger partial charge is 0.269 e. The van der Waals surface area contributed by atoms with Crippen LogP contribution in [0.5, 0.6) is 0 Å². The lowest BCUT2D eigenvalue weighted by atomic mass is 10.1. The van der Waals surface area contributed by atoms with E-state index in [1.807, 2.05) is 19.1 Å². The van der Waals surface area contributed by atoms with E-state index in [2.05, 4.69) is 16.2 Å². The van der Waals surface area contributed by atoms with Crippen LogP contribution in [0.15, 0.2) is 48.5 Å². The number of hydrogen-bond acceptors (Lipinski definition) is 5. The first-order chi connectivity index (χ1) is 11.0. The van der Waals surface area contributed by atoms with Gasteiger partial charge in [-0.3, -0.25) is 31.1 Å². The quantitative estimate of drug-likeness (QED) is 0.453. The number of rotatable bonds is 4. The summed E-state index contributed by atoms with van der Waals surface area (Å²) in [6.45, 7) is 1.83. The molecular formula is C15H14N4O3S. The van der Waals surface area contributed by atoms with E-state index in [-0.39, 0.29) is 16.7 Å². The van der Waals surface area contributed by atoms with Gasteiger partial charge in [-0.1, -0.05) is 18.2 Å². The first-order valence-electron chi connectivity index (χ1n) is 6.65. The fourth-order valence-electron chi connectivity index (χ4n) is 1.82. The second-order valence-corrected chi connectivity index (χ2v) is 5.06. The third-order valence-electron chi connectivity index (χ3n) is 3.02. The van der Waals surface area contributed by atoms with Crippen LogP contribution < -0.4 is 16.2 Å². The number of nitro benzene ring substituents is 1. The number of amides is 1. The molecule has 3 N–H and O–H groups in total. The van der Waals surface area contributed by atoms with Crippen LogP contribution in [-0.4, -0.2) is 15.9 Å². The Kier molecular flexibility index (Phi) is 5.21. The molecule has 0 aliphatic carbocycles. The Bertz CT molecular complexity index is 747. The van der Waals surface area contributed by atoms with Crippen LogP contribution in [-0.2, 0) is 0 Å². The van der Waals surface area contributed by atoms with E-state index in [9.17, 15) is 14.9 Å². The zero-order valence-corrected chi connectivity index (χ0v) is 13.0. The fraction of sp³-hybridized carbons (Fsp3) is 0.0667. The van der Waals surface area contributed by atoms with Gasteiger partial charge in [0.2, 0.25) is 0 Å². The summed E-state index contributed by atoms with van der Waals surface area (Å²) in [7, 11) is 0. The topological polar surface area (TPSA) is 96.3 Å². The highest BCUT2D eigenvalue weighted by atomic mass is 32.1. The maximum atomic E-state index is 12.1. The minimum atomic E-state index is -0.482. The highest BCUT2D eigenvalue weighted by Gasteiger charge is 2.10. The standard InChI is InChI=1S/C15H14N4O3S/c1-10-4-2-3-5-13(10)14(20)16-15(23)18-17-11-6-8-12(9-7-11)19(21)22/h2-9,17H,1H3,(H2,16,18,20,23). The number of nitro groups is 1. The van der Waals surface area contributed by atoms with Crippen LogP contribution >= 0.6 is 12.2 Å². The van der Waals surface area contributed by atoms with Gasteiger partial charge in [0.15, 0.2) is 5.11 Å². The molecule has 8 heteroatoms. The maximum absolute atomic E-state index is 12.1. The Morgan fingerprint density at radius 3 is 2.39 bits per heavy atom. The average molecular weight is 330 g/mol. The number of carbonyl (C=O) groups excluding carboxylic acids is 1. The summed E-state index contributed by atoms with van der Waals surface area (Å²) in [6, 6.07) is 12.9. The van der Waals surface area contributed by atoms with E-state index in [4.69, 9.17) is 12.2 Å². The van der Waals surface area contributed by atoms with E-state index in [0.717, 1.165) is 5.56 Å². The predicted molar refractivity (Wildman–Crippen MR) is 91.1 cm³/mol. The lowest BCUT2D eigenvalue weighted by Crippen LogP contribution is -2.42. The minimum absolute atomic E-state index is 0.00835. The molecule has 0 fully saturated rings. The molecule has 1 amide bonds. The number of carbonyl (C=O) groups is 1. The zero-order chi connectivity index (χ0) is 16.8. The molecule has 0 bridgehead atoms. The molecule has 0 spiro atoms. The molecule has 2 aromatic rings.